The van der Waals surface area contributed by atoms with E-state index in [1.807, 2.05) is 49.4 Å². The fourth-order valence-corrected chi connectivity index (χ4v) is 2.74. The number of aromatic nitrogens is 4. The number of rotatable bonds is 4. The number of fused-ring (bicyclic) bond motifs is 1. The Labute approximate surface area is 144 Å². The molecule has 0 aliphatic carbocycles. The van der Waals surface area contributed by atoms with Crippen LogP contribution in [0.5, 0.6) is 0 Å². The zero-order valence-electron chi connectivity index (χ0n) is 13.7. The summed E-state index contributed by atoms with van der Waals surface area (Å²) in [4.78, 5) is 20.2. The van der Waals surface area contributed by atoms with Crippen molar-refractivity contribution in [3.8, 4) is 11.3 Å². The molecule has 4 rings (SSSR count). The van der Waals surface area contributed by atoms with Crippen LogP contribution >= 0.6 is 0 Å². The molecule has 1 atom stereocenters. The highest BCUT2D eigenvalue weighted by Gasteiger charge is 2.15. The molecule has 1 amide bonds. The molecule has 0 spiro atoms. The van der Waals surface area contributed by atoms with Gasteiger partial charge in [-0.2, -0.15) is 5.10 Å². The molecule has 0 unspecified atom stereocenters. The first kappa shape index (κ1) is 15.1. The topological polar surface area (TPSA) is 86.5 Å². The smallest absolute Gasteiger partial charge is 0.251 e. The standard InChI is InChI=1S/C19H17N5O/c1-12(18-22-16-4-2-3-5-17(16)23-18)21-19(25)14-8-6-13(7-9-14)15-10-11-20-24-15/h2-12H,1H3,(H,20,24)(H,21,25)(H,22,23)/t12-/m1/s1. The maximum atomic E-state index is 12.5. The second-order valence-electron chi connectivity index (χ2n) is 5.88. The molecule has 6 heteroatoms. The van der Waals surface area contributed by atoms with Crippen LogP contribution in [0.15, 0.2) is 60.8 Å². The summed E-state index contributed by atoms with van der Waals surface area (Å²) in [5.74, 6) is 0.604. The molecule has 6 nitrogen and oxygen atoms in total. The van der Waals surface area contributed by atoms with E-state index in [-0.39, 0.29) is 11.9 Å². The fourth-order valence-electron chi connectivity index (χ4n) is 2.74. The second kappa shape index (κ2) is 6.24. The molecule has 0 saturated carbocycles. The minimum absolute atomic E-state index is 0.135. The van der Waals surface area contributed by atoms with Crippen LogP contribution in [0.1, 0.15) is 29.1 Å². The van der Waals surface area contributed by atoms with Gasteiger partial charge in [-0.25, -0.2) is 4.98 Å². The van der Waals surface area contributed by atoms with Crippen LogP contribution in [-0.2, 0) is 0 Å². The summed E-state index contributed by atoms with van der Waals surface area (Å²) < 4.78 is 0. The van der Waals surface area contributed by atoms with E-state index in [9.17, 15) is 4.79 Å². The van der Waals surface area contributed by atoms with E-state index in [0.717, 1.165) is 28.1 Å². The molecule has 124 valence electrons. The van der Waals surface area contributed by atoms with Crippen molar-refractivity contribution in [3.63, 3.8) is 0 Å². The van der Waals surface area contributed by atoms with E-state index in [2.05, 4.69) is 25.5 Å². The number of carbonyl (C=O) groups is 1. The Kier molecular flexibility index (Phi) is 3.78. The number of aromatic amines is 2. The number of nitrogens with one attached hydrogen (secondary N) is 3. The van der Waals surface area contributed by atoms with Gasteiger partial charge in [-0.05, 0) is 42.8 Å². The average molecular weight is 331 g/mol. The monoisotopic (exact) mass is 331 g/mol. The van der Waals surface area contributed by atoms with E-state index < -0.39 is 0 Å². The van der Waals surface area contributed by atoms with Crippen LogP contribution in [0.3, 0.4) is 0 Å². The highest BCUT2D eigenvalue weighted by Crippen LogP contribution is 2.18. The lowest BCUT2D eigenvalue weighted by Crippen LogP contribution is -2.27. The van der Waals surface area contributed by atoms with Crippen molar-refractivity contribution in [2.24, 2.45) is 0 Å². The van der Waals surface area contributed by atoms with Gasteiger partial charge in [0.25, 0.3) is 5.91 Å². The van der Waals surface area contributed by atoms with Crippen molar-refractivity contribution in [3.05, 3.63) is 72.2 Å². The van der Waals surface area contributed by atoms with Gasteiger partial charge in [0.15, 0.2) is 0 Å². The largest absolute Gasteiger partial charge is 0.342 e. The molecular formula is C19H17N5O. The molecule has 2 aromatic carbocycles. The lowest BCUT2D eigenvalue weighted by molar-refractivity contribution is 0.0938. The zero-order valence-corrected chi connectivity index (χ0v) is 13.7. The Morgan fingerprint density at radius 1 is 1.08 bits per heavy atom. The molecule has 3 N–H and O–H groups in total. The van der Waals surface area contributed by atoms with E-state index >= 15 is 0 Å². The minimum atomic E-state index is -0.216. The highest BCUT2D eigenvalue weighted by atomic mass is 16.1. The molecule has 0 fully saturated rings. The van der Waals surface area contributed by atoms with Gasteiger partial charge in [-0.15, -0.1) is 0 Å². The van der Waals surface area contributed by atoms with Crippen molar-refractivity contribution in [2.75, 3.05) is 0 Å². The minimum Gasteiger partial charge on any atom is -0.342 e. The van der Waals surface area contributed by atoms with Crippen molar-refractivity contribution < 1.29 is 4.79 Å². The summed E-state index contributed by atoms with van der Waals surface area (Å²) in [6.45, 7) is 1.91. The number of para-hydroxylation sites is 2. The van der Waals surface area contributed by atoms with E-state index in [1.165, 1.54) is 0 Å². The van der Waals surface area contributed by atoms with Crippen molar-refractivity contribution >= 4 is 16.9 Å². The Hall–Kier alpha value is -3.41. The van der Waals surface area contributed by atoms with E-state index in [1.54, 1.807) is 18.3 Å². The predicted molar refractivity (Wildman–Crippen MR) is 96.0 cm³/mol. The number of nitrogens with zero attached hydrogens (tertiary/aromatic N) is 2. The van der Waals surface area contributed by atoms with E-state index in [4.69, 9.17) is 0 Å². The molecule has 0 aliphatic heterocycles. The molecule has 4 aromatic rings. The highest BCUT2D eigenvalue weighted by molar-refractivity contribution is 5.94. The second-order valence-corrected chi connectivity index (χ2v) is 5.88. The Balaban J connectivity index is 1.49. The third kappa shape index (κ3) is 3.01. The van der Waals surface area contributed by atoms with Crippen LogP contribution in [0.2, 0.25) is 0 Å². The summed E-state index contributed by atoms with van der Waals surface area (Å²) in [6.07, 6.45) is 1.70. The zero-order chi connectivity index (χ0) is 17.2. The Bertz CT molecular complexity index is 969. The molecular weight excluding hydrogens is 314 g/mol. The molecule has 2 heterocycles. The molecule has 25 heavy (non-hydrogen) atoms. The molecule has 0 saturated heterocycles. The number of hydrogen-bond acceptors (Lipinski definition) is 3. The van der Waals surface area contributed by atoms with Gasteiger partial charge in [-0.3, -0.25) is 9.89 Å². The van der Waals surface area contributed by atoms with Crippen LogP contribution in [0.25, 0.3) is 22.3 Å². The van der Waals surface area contributed by atoms with Crippen molar-refractivity contribution in [1.82, 2.24) is 25.5 Å². The molecule has 0 radical (unpaired) electrons. The summed E-state index contributed by atoms with van der Waals surface area (Å²) in [5, 5.41) is 9.81. The molecule has 0 bridgehead atoms. The lowest BCUT2D eigenvalue weighted by atomic mass is 10.1. The lowest BCUT2D eigenvalue weighted by Gasteiger charge is -2.11. The molecule has 2 aromatic heterocycles. The maximum Gasteiger partial charge on any atom is 0.251 e. The van der Waals surface area contributed by atoms with Crippen LogP contribution in [0, 0.1) is 0 Å². The first-order valence-corrected chi connectivity index (χ1v) is 8.06. The SMILES string of the molecule is C[C@@H](NC(=O)c1ccc(-c2ccn[nH]2)cc1)c1nc2ccccc2[nH]1. The number of hydrogen-bond donors (Lipinski definition) is 3. The van der Waals surface area contributed by atoms with Gasteiger partial charge in [0.2, 0.25) is 0 Å². The third-order valence-corrected chi connectivity index (χ3v) is 4.12. The maximum absolute atomic E-state index is 12.5. The van der Waals surface area contributed by atoms with Crippen LogP contribution in [0.4, 0.5) is 0 Å². The van der Waals surface area contributed by atoms with Crippen molar-refractivity contribution in [1.29, 1.82) is 0 Å². The van der Waals surface area contributed by atoms with Gasteiger partial charge in [0.05, 0.1) is 22.8 Å². The summed E-state index contributed by atoms with van der Waals surface area (Å²) in [6, 6.07) is 16.9. The number of imidazole rings is 1. The van der Waals surface area contributed by atoms with Crippen LogP contribution in [-0.4, -0.2) is 26.1 Å². The molecule has 0 aliphatic rings. The van der Waals surface area contributed by atoms with Crippen molar-refractivity contribution in [2.45, 2.75) is 13.0 Å². The first-order valence-electron chi connectivity index (χ1n) is 8.06. The van der Waals surface area contributed by atoms with Gasteiger partial charge in [0, 0.05) is 11.8 Å². The van der Waals surface area contributed by atoms with E-state index in [0.29, 0.717) is 5.56 Å². The Morgan fingerprint density at radius 3 is 2.60 bits per heavy atom. The van der Waals surface area contributed by atoms with Gasteiger partial charge >= 0.3 is 0 Å². The predicted octanol–water partition coefficient (Wildman–Crippen LogP) is 3.44. The normalized spacial score (nSPS) is 12.2. The first-order chi connectivity index (χ1) is 12.2. The fraction of sp³-hybridized carbons (Fsp3) is 0.105. The summed E-state index contributed by atoms with van der Waals surface area (Å²) in [7, 11) is 0. The summed E-state index contributed by atoms with van der Waals surface area (Å²) >= 11 is 0. The number of amides is 1. The number of carbonyl (C=O) groups excluding carboxylic acids is 1. The number of benzene rings is 2. The average Bonchev–Trinajstić information content (AvgIpc) is 3.31. The van der Waals surface area contributed by atoms with Gasteiger partial charge in [0.1, 0.15) is 5.82 Å². The van der Waals surface area contributed by atoms with Crippen LogP contribution < -0.4 is 5.32 Å². The quantitative estimate of drug-likeness (QED) is 0.535. The van der Waals surface area contributed by atoms with Gasteiger partial charge < -0.3 is 10.3 Å². The third-order valence-electron chi connectivity index (χ3n) is 4.12. The summed E-state index contributed by atoms with van der Waals surface area (Å²) in [5.41, 5.74) is 4.36. The van der Waals surface area contributed by atoms with Gasteiger partial charge in [-0.1, -0.05) is 24.3 Å². The number of H-pyrrole nitrogens is 2. The Morgan fingerprint density at radius 2 is 1.88 bits per heavy atom.